The minimum Gasteiger partial charge on any atom is -0.336 e. The van der Waals surface area contributed by atoms with Gasteiger partial charge in [0.1, 0.15) is 0 Å². The van der Waals surface area contributed by atoms with Crippen LogP contribution in [0.15, 0.2) is 12.4 Å². The summed E-state index contributed by atoms with van der Waals surface area (Å²) in [6.07, 6.45) is 3.48. The highest BCUT2D eigenvalue weighted by Crippen LogP contribution is 2.25. The highest BCUT2D eigenvalue weighted by atomic mass is 16.2. The van der Waals surface area contributed by atoms with E-state index in [9.17, 15) is 9.59 Å². The lowest BCUT2D eigenvalue weighted by molar-refractivity contribution is -0.132. The van der Waals surface area contributed by atoms with Gasteiger partial charge < -0.3 is 15.1 Å². The molecule has 0 spiro atoms. The molecule has 0 aromatic carbocycles. The molecular weight excluding hydrogens is 246 g/mol. The molecule has 2 aliphatic rings. The third-order valence-corrected chi connectivity index (χ3v) is 3.78. The van der Waals surface area contributed by atoms with Crippen LogP contribution < -0.4 is 5.32 Å². The van der Waals surface area contributed by atoms with E-state index in [1.54, 1.807) is 12.4 Å². The number of hydrogen-bond acceptors (Lipinski definition) is 4. The van der Waals surface area contributed by atoms with Crippen molar-refractivity contribution in [1.29, 1.82) is 0 Å². The van der Waals surface area contributed by atoms with Crippen LogP contribution in [0.1, 0.15) is 6.42 Å². The topological polar surface area (TPSA) is 81.3 Å². The lowest BCUT2D eigenvalue weighted by atomic mass is 10.1. The summed E-state index contributed by atoms with van der Waals surface area (Å²) in [6, 6.07) is 0.282. The molecule has 3 heterocycles. The van der Waals surface area contributed by atoms with E-state index in [0.29, 0.717) is 18.7 Å². The Balaban J connectivity index is 1.58. The molecule has 1 atom stereocenters. The standard InChI is InChI=1S/C12H17N5O2/c1-16-6-10(7-16)17-5-8(2-11(17)18)12(19)15-9-3-13-14-4-9/h3-4,8,10H,2,5-7H2,1H3,(H,13,14)(H,15,19). The maximum Gasteiger partial charge on any atom is 0.229 e. The molecule has 1 aromatic rings. The molecule has 19 heavy (non-hydrogen) atoms. The van der Waals surface area contributed by atoms with Crippen molar-refractivity contribution in [3.05, 3.63) is 12.4 Å². The maximum absolute atomic E-state index is 12.1. The minimum atomic E-state index is -0.256. The van der Waals surface area contributed by atoms with E-state index >= 15 is 0 Å². The molecule has 0 saturated carbocycles. The predicted octanol–water partition coefficient (Wildman–Crippen LogP) is -0.489. The van der Waals surface area contributed by atoms with Gasteiger partial charge in [-0.15, -0.1) is 0 Å². The van der Waals surface area contributed by atoms with E-state index in [4.69, 9.17) is 0 Å². The summed E-state index contributed by atoms with van der Waals surface area (Å²) in [5.74, 6) is -0.274. The van der Waals surface area contributed by atoms with Crippen LogP contribution in [0.25, 0.3) is 0 Å². The number of aromatic nitrogens is 2. The third kappa shape index (κ3) is 2.33. The Hall–Kier alpha value is -1.89. The van der Waals surface area contributed by atoms with Gasteiger partial charge in [-0.2, -0.15) is 5.10 Å². The second kappa shape index (κ2) is 4.65. The Bertz CT molecular complexity index is 480. The van der Waals surface area contributed by atoms with Crippen LogP contribution in [0.2, 0.25) is 0 Å². The predicted molar refractivity (Wildman–Crippen MR) is 68.3 cm³/mol. The number of likely N-dealkylation sites (N-methyl/N-ethyl adjacent to an activating group) is 1. The number of hydrogen-bond donors (Lipinski definition) is 2. The summed E-state index contributed by atoms with van der Waals surface area (Å²) in [7, 11) is 2.03. The zero-order valence-electron chi connectivity index (χ0n) is 10.8. The molecular formula is C12H17N5O2. The number of rotatable bonds is 3. The Labute approximate surface area is 110 Å². The van der Waals surface area contributed by atoms with Crippen LogP contribution >= 0.6 is 0 Å². The van der Waals surface area contributed by atoms with Crippen LogP contribution in [0, 0.1) is 5.92 Å². The van der Waals surface area contributed by atoms with Gasteiger partial charge in [-0.05, 0) is 7.05 Å². The van der Waals surface area contributed by atoms with Crippen molar-refractivity contribution in [3.8, 4) is 0 Å². The number of anilines is 1. The van der Waals surface area contributed by atoms with E-state index < -0.39 is 0 Å². The molecule has 7 heteroatoms. The maximum atomic E-state index is 12.1. The van der Waals surface area contributed by atoms with Crippen molar-refractivity contribution < 1.29 is 9.59 Å². The zero-order chi connectivity index (χ0) is 13.4. The summed E-state index contributed by atoms with van der Waals surface area (Å²) >= 11 is 0. The highest BCUT2D eigenvalue weighted by molar-refractivity contribution is 5.97. The first-order chi connectivity index (χ1) is 9.13. The van der Waals surface area contributed by atoms with Crippen molar-refractivity contribution in [3.63, 3.8) is 0 Å². The van der Waals surface area contributed by atoms with Crippen LogP contribution in [-0.2, 0) is 9.59 Å². The summed E-state index contributed by atoms with van der Waals surface area (Å²) in [5, 5.41) is 9.17. The second-order valence-corrected chi connectivity index (χ2v) is 5.30. The van der Waals surface area contributed by atoms with Gasteiger partial charge >= 0.3 is 0 Å². The lowest BCUT2D eigenvalue weighted by Crippen LogP contribution is -2.58. The quantitative estimate of drug-likeness (QED) is 0.771. The van der Waals surface area contributed by atoms with E-state index in [-0.39, 0.29) is 23.8 Å². The van der Waals surface area contributed by atoms with Crippen molar-refractivity contribution in [1.82, 2.24) is 20.0 Å². The van der Waals surface area contributed by atoms with E-state index in [0.717, 1.165) is 13.1 Å². The Morgan fingerprint density at radius 3 is 2.89 bits per heavy atom. The number of carbonyl (C=O) groups is 2. The Morgan fingerprint density at radius 1 is 1.47 bits per heavy atom. The van der Waals surface area contributed by atoms with Crippen LogP contribution in [-0.4, -0.2) is 64.5 Å². The molecule has 7 nitrogen and oxygen atoms in total. The molecule has 1 aromatic heterocycles. The molecule has 1 unspecified atom stereocenters. The number of nitrogens with zero attached hydrogens (tertiary/aromatic N) is 3. The molecule has 2 N–H and O–H groups in total. The molecule has 0 aliphatic carbocycles. The molecule has 2 fully saturated rings. The molecule has 0 bridgehead atoms. The molecule has 2 saturated heterocycles. The van der Waals surface area contributed by atoms with Crippen LogP contribution in [0.4, 0.5) is 5.69 Å². The highest BCUT2D eigenvalue weighted by Gasteiger charge is 2.41. The minimum absolute atomic E-state index is 0.0884. The largest absolute Gasteiger partial charge is 0.336 e. The number of aromatic amines is 1. The van der Waals surface area contributed by atoms with Crippen molar-refractivity contribution in [2.75, 3.05) is 32.0 Å². The van der Waals surface area contributed by atoms with E-state index in [1.165, 1.54) is 0 Å². The van der Waals surface area contributed by atoms with Crippen molar-refractivity contribution in [2.45, 2.75) is 12.5 Å². The third-order valence-electron chi connectivity index (χ3n) is 3.78. The van der Waals surface area contributed by atoms with Crippen LogP contribution in [0.5, 0.6) is 0 Å². The van der Waals surface area contributed by atoms with Gasteiger partial charge in [0.15, 0.2) is 0 Å². The summed E-state index contributed by atoms with van der Waals surface area (Å²) in [5.41, 5.74) is 0.638. The van der Waals surface area contributed by atoms with Gasteiger partial charge in [0, 0.05) is 32.3 Å². The fraction of sp³-hybridized carbons (Fsp3) is 0.583. The SMILES string of the molecule is CN1CC(N2CC(C(=O)Nc3cn[nH]c3)CC2=O)C1. The number of amides is 2. The molecule has 102 valence electrons. The van der Waals surface area contributed by atoms with Gasteiger partial charge in [0.2, 0.25) is 11.8 Å². The molecule has 0 radical (unpaired) electrons. The first kappa shape index (κ1) is 12.2. The fourth-order valence-electron chi connectivity index (χ4n) is 2.69. The average Bonchev–Trinajstić information content (AvgIpc) is 2.95. The van der Waals surface area contributed by atoms with Gasteiger partial charge in [-0.3, -0.25) is 14.7 Å². The summed E-state index contributed by atoms with van der Waals surface area (Å²) < 4.78 is 0. The number of H-pyrrole nitrogens is 1. The van der Waals surface area contributed by atoms with E-state index in [2.05, 4.69) is 20.4 Å². The summed E-state index contributed by atoms with van der Waals surface area (Å²) in [6.45, 7) is 2.34. The summed E-state index contributed by atoms with van der Waals surface area (Å²) in [4.78, 5) is 28.0. The van der Waals surface area contributed by atoms with Gasteiger partial charge in [0.05, 0.1) is 23.8 Å². The number of likely N-dealkylation sites (tertiary alicyclic amines) is 2. The Kier molecular flexibility index (Phi) is 2.98. The monoisotopic (exact) mass is 263 g/mol. The van der Waals surface area contributed by atoms with Gasteiger partial charge in [0.25, 0.3) is 0 Å². The smallest absolute Gasteiger partial charge is 0.229 e. The Morgan fingerprint density at radius 2 is 2.26 bits per heavy atom. The average molecular weight is 263 g/mol. The van der Waals surface area contributed by atoms with Gasteiger partial charge in [-0.1, -0.05) is 0 Å². The molecule has 2 amide bonds. The zero-order valence-corrected chi connectivity index (χ0v) is 10.8. The fourth-order valence-corrected chi connectivity index (χ4v) is 2.69. The first-order valence-corrected chi connectivity index (χ1v) is 6.41. The number of carbonyl (C=O) groups excluding carboxylic acids is 2. The second-order valence-electron chi connectivity index (χ2n) is 5.30. The normalized spacial score (nSPS) is 24.6. The van der Waals surface area contributed by atoms with Crippen molar-refractivity contribution >= 4 is 17.5 Å². The number of nitrogens with one attached hydrogen (secondary N) is 2. The lowest BCUT2D eigenvalue weighted by Gasteiger charge is -2.42. The van der Waals surface area contributed by atoms with Gasteiger partial charge in [-0.25, -0.2) is 0 Å². The first-order valence-electron chi connectivity index (χ1n) is 6.41. The molecule has 2 aliphatic heterocycles. The van der Waals surface area contributed by atoms with Crippen LogP contribution in [0.3, 0.4) is 0 Å². The molecule has 3 rings (SSSR count). The van der Waals surface area contributed by atoms with Crippen molar-refractivity contribution in [2.24, 2.45) is 5.92 Å². The van der Waals surface area contributed by atoms with E-state index in [1.807, 2.05) is 11.9 Å².